The zero-order valence-electron chi connectivity index (χ0n) is 15.3. The largest absolute Gasteiger partial charge is 0.361 e. The van der Waals surface area contributed by atoms with Gasteiger partial charge in [-0.2, -0.15) is 11.8 Å². The Hall–Kier alpha value is -2.53. The third kappa shape index (κ3) is 3.65. The van der Waals surface area contributed by atoms with E-state index in [0.29, 0.717) is 18.8 Å². The Morgan fingerprint density at radius 3 is 2.33 bits per heavy atom. The maximum Gasteiger partial charge on any atom is 0.232 e. The minimum absolute atomic E-state index is 0.00416. The van der Waals surface area contributed by atoms with Crippen LogP contribution in [0.25, 0.3) is 0 Å². The minimum atomic E-state index is -0.00416. The summed E-state index contributed by atoms with van der Waals surface area (Å²) < 4.78 is 5.71. The first-order chi connectivity index (χ1) is 13.3. The van der Waals surface area contributed by atoms with E-state index in [1.807, 2.05) is 47.6 Å². The van der Waals surface area contributed by atoms with E-state index in [-0.39, 0.29) is 11.8 Å². The van der Waals surface area contributed by atoms with Crippen molar-refractivity contribution < 1.29 is 9.32 Å². The van der Waals surface area contributed by atoms with Crippen LogP contribution in [0.5, 0.6) is 0 Å². The fourth-order valence-corrected chi connectivity index (χ4v) is 4.11. The SMILES string of the molecule is CSCC(=O)N1CCc2onc(C(c3ccccc3)c3ccccc3)c2C1. The molecule has 138 valence electrons. The highest BCUT2D eigenvalue weighted by atomic mass is 32.2. The summed E-state index contributed by atoms with van der Waals surface area (Å²) in [6, 6.07) is 20.7. The molecule has 2 aromatic carbocycles. The monoisotopic (exact) mass is 378 g/mol. The summed E-state index contributed by atoms with van der Waals surface area (Å²) in [5, 5.41) is 4.47. The molecule has 3 aromatic rings. The molecule has 0 unspecified atom stereocenters. The van der Waals surface area contributed by atoms with Crippen molar-refractivity contribution in [2.75, 3.05) is 18.6 Å². The van der Waals surface area contributed by atoms with Gasteiger partial charge in [-0.05, 0) is 17.4 Å². The Kier molecular flexibility index (Phi) is 5.30. The van der Waals surface area contributed by atoms with Crippen molar-refractivity contribution >= 4 is 17.7 Å². The van der Waals surface area contributed by atoms with Crippen LogP contribution in [0.15, 0.2) is 65.2 Å². The lowest BCUT2D eigenvalue weighted by molar-refractivity contribution is -0.129. The fraction of sp³-hybridized carbons (Fsp3) is 0.273. The Labute approximate surface area is 163 Å². The Balaban J connectivity index is 1.75. The topological polar surface area (TPSA) is 46.3 Å². The van der Waals surface area contributed by atoms with E-state index in [1.165, 1.54) is 11.1 Å². The highest BCUT2D eigenvalue weighted by Gasteiger charge is 2.31. The van der Waals surface area contributed by atoms with Crippen molar-refractivity contribution in [1.29, 1.82) is 0 Å². The number of fused-ring (bicyclic) bond motifs is 1. The number of hydrogen-bond acceptors (Lipinski definition) is 4. The molecule has 2 heterocycles. The van der Waals surface area contributed by atoms with Gasteiger partial charge in [0.05, 0.1) is 18.2 Å². The molecule has 0 spiro atoms. The van der Waals surface area contributed by atoms with Gasteiger partial charge in [0.15, 0.2) is 0 Å². The van der Waals surface area contributed by atoms with Crippen LogP contribution in [-0.2, 0) is 17.8 Å². The number of nitrogens with zero attached hydrogens (tertiary/aromatic N) is 2. The lowest BCUT2D eigenvalue weighted by atomic mass is 9.85. The van der Waals surface area contributed by atoms with E-state index in [2.05, 4.69) is 29.4 Å². The number of carbonyl (C=O) groups is 1. The van der Waals surface area contributed by atoms with Gasteiger partial charge in [-0.25, -0.2) is 0 Å². The molecule has 0 fully saturated rings. The third-order valence-corrected chi connectivity index (χ3v) is 5.55. The molecule has 1 aromatic heterocycles. The van der Waals surface area contributed by atoms with Crippen molar-refractivity contribution in [3.05, 3.63) is 88.8 Å². The van der Waals surface area contributed by atoms with E-state index in [0.717, 1.165) is 23.4 Å². The van der Waals surface area contributed by atoms with Crippen LogP contribution in [0.1, 0.15) is 34.1 Å². The molecule has 0 saturated carbocycles. The number of carbonyl (C=O) groups excluding carboxylic acids is 1. The summed E-state index contributed by atoms with van der Waals surface area (Å²) in [5.74, 6) is 1.60. The van der Waals surface area contributed by atoms with Crippen molar-refractivity contribution in [3.63, 3.8) is 0 Å². The summed E-state index contributed by atoms with van der Waals surface area (Å²) in [6.45, 7) is 1.27. The Bertz CT molecular complexity index is 869. The normalized spacial score (nSPS) is 13.6. The standard InChI is InChI=1S/C22H22N2O2S/c1-27-15-20(25)24-13-12-19-18(14-24)22(23-26-19)21(16-8-4-2-5-9-16)17-10-6-3-7-11-17/h2-11,21H,12-15H2,1H3. The highest BCUT2D eigenvalue weighted by molar-refractivity contribution is 7.99. The van der Waals surface area contributed by atoms with Crippen molar-refractivity contribution in [1.82, 2.24) is 10.1 Å². The molecule has 4 nitrogen and oxygen atoms in total. The van der Waals surface area contributed by atoms with Crippen LogP contribution in [0.2, 0.25) is 0 Å². The molecule has 5 heteroatoms. The molecular formula is C22H22N2O2S. The van der Waals surface area contributed by atoms with Crippen molar-refractivity contribution in [2.24, 2.45) is 0 Å². The second-order valence-corrected chi connectivity index (χ2v) is 7.59. The highest BCUT2D eigenvalue weighted by Crippen LogP contribution is 2.36. The van der Waals surface area contributed by atoms with Crippen LogP contribution in [-0.4, -0.2) is 34.5 Å². The van der Waals surface area contributed by atoms with Crippen LogP contribution in [0.4, 0.5) is 0 Å². The Morgan fingerprint density at radius 1 is 1.11 bits per heavy atom. The molecule has 1 aliphatic heterocycles. The van der Waals surface area contributed by atoms with Crippen molar-refractivity contribution in [3.8, 4) is 0 Å². The van der Waals surface area contributed by atoms with Gasteiger partial charge in [-0.3, -0.25) is 4.79 Å². The first kappa shape index (κ1) is 17.9. The molecule has 1 aliphatic rings. The van der Waals surface area contributed by atoms with Crippen molar-refractivity contribution in [2.45, 2.75) is 18.9 Å². The molecule has 1 amide bonds. The van der Waals surface area contributed by atoms with E-state index >= 15 is 0 Å². The van der Waals surface area contributed by atoms with Gasteiger partial charge in [0, 0.05) is 18.5 Å². The predicted molar refractivity (Wildman–Crippen MR) is 108 cm³/mol. The maximum atomic E-state index is 12.4. The van der Waals surface area contributed by atoms with Gasteiger partial charge in [0.2, 0.25) is 5.91 Å². The molecule has 0 radical (unpaired) electrons. The fourth-order valence-electron chi connectivity index (χ4n) is 3.68. The van der Waals surface area contributed by atoms with E-state index in [1.54, 1.807) is 11.8 Å². The average Bonchev–Trinajstić information content (AvgIpc) is 3.13. The van der Waals surface area contributed by atoms with Crippen LogP contribution < -0.4 is 0 Å². The number of thioether (sulfide) groups is 1. The van der Waals surface area contributed by atoms with Gasteiger partial charge >= 0.3 is 0 Å². The smallest absolute Gasteiger partial charge is 0.232 e. The zero-order chi connectivity index (χ0) is 18.6. The number of benzene rings is 2. The second-order valence-electron chi connectivity index (χ2n) is 6.72. The lowest BCUT2D eigenvalue weighted by Crippen LogP contribution is -2.37. The van der Waals surface area contributed by atoms with Gasteiger partial charge < -0.3 is 9.42 Å². The van der Waals surface area contributed by atoms with Crippen LogP contribution >= 0.6 is 11.8 Å². The first-order valence-corrected chi connectivity index (χ1v) is 10.5. The summed E-state index contributed by atoms with van der Waals surface area (Å²) in [5.41, 5.74) is 4.33. The third-order valence-electron chi connectivity index (χ3n) is 5.02. The molecule has 27 heavy (non-hydrogen) atoms. The molecule has 0 atom stereocenters. The van der Waals surface area contributed by atoms with E-state index in [4.69, 9.17) is 4.52 Å². The van der Waals surface area contributed by atoms with Crippen LogP contribution in [0, 0.1) is 0 Å². The molecule has 0 bridgehead atoms. The lowest BCUT2D eigenvalue weighted by Gasteiger charge is -2.27. The number of amides is 1. The maximum absolute atomic E-state index is 12.4. The van der Waals surface area contributed by atoms with E-state index in [9.17, 15) is 4.79 Å². The second kappa shape index (κ2) is 8.01. The van der Waals surface area contributed by atoms with Gasteiger partial charge in [-0.15, -0.1) is 0 Å². The predicted octanol–water partition coefficient (Wildman–Crippen LogP) is 4.10. The van der Waals surface area contributed by atoms with Crippen LogP contribution in [0.3, 0.4) is 0 Å². The minimum Gasteiger partial charge on any atom is -0.361 e. The summed E-state index contributed by atoms with van der Waals surface area (Å²) in [6.07, 6.45) is 2.68. The zero-order valence-corrected chi connectivity index (χ0v) is 16.1. The van der Waals surface area contributed by atoms with Gasteiger partial charge in [0.1, 0.15) is 11.5 Å². The molecule has 4 rings (SSSR count). The number of rotatable bonds is 5. The average molecular weight is 378 g/mol. The first-order valence-electron chi connectivity index (χ1n) is 9.12. The van der Waals surface area contributed by atoms with Gasteiger partial charge in [0.25, 0.3) is 0 Å². The summed E-state index contributed by atoms with van der Waals surface area (Å²) in [4.78, 5) is 14.3. The molecule has 0 saturated heterocycles. The number of hydrogen-bond donors (Lipinski definition) is 0. The Morgan fingerprint density at radius 2 is 1.74 bits per heavy atom. The molecule has 0 N–H and O–H groups in total. The van der Waals surface area contributed by atoms with Gasteiger partial charge in [-0.1, -0.05) is 65.8 Å². The van der Waals surface area contributed by atoms with E-state index < -0.39 is 0 Å². The molecule has 0 aliphatic carbocycles. The summed E-state index contributed by atoms with van der Waals surface area (Å²) >= 11 is 1.56. The quantitative estimate of drug-likeness (QED) is 0.670. The number of aromatic nitrogens is 1. The molecular weight excluding hydrogens is 356 g/mol. The summed E-state index contributed by atoms with van der Waals surface area (Å²) in [7, 11) is 0.